The van der Waals surface area contributed by atoms with Gasteiger partial charge in [0.05, 0.1) is 0 Å². The quantitative estimate of drug-likeness (QED) is 0.388. The van der Waals surface area contributed by atoms with E-state index in [4.69, 9.17) is 5.11 Å². The maximum atomic E-state index is 10.3. The summed E-state index contributed by atoms with van der Waals surface area (Å²) in [6.45, 7) is 2.26. The first kappa shape index (κ1) is 22.6. The number of unbranched alkanes of at least 4 members (excludes halogenated alkanes) is 12. The summed E-state index contributed by atoms with van der Waals surface area (Å²) >= 11 is 0. The van der Waals surface area contributed by atoms with Crippen LogP contribution in [0.4, 0.5) is 0 Å². The van der Waals surface area contributed by atoms with Gasteiger partial charge in [0.2, 0.25) is 0 Å². The van der Waals surface area contributed by atoms with Crippen LogP contribution in [0.25, 0.3) is 0 Å². The van der Waals surface area contributed by atoms with E-state index in [0.717, 1.165) is 12.8 Å². The number of hydrogen-bond acceptors (Lipinski definition) is 2. The minimum absolute atomic E-state index is 0.345. The highest BCUT2D eigenvalue weighted by atomic mass is 16.4. The first-order valence-electron chi connectivity index (χ1n) is 9.84. The zero-order valence-corrected chi connectivity index (χ0v) is 15.6. The number of pyridine rings is 1. The molecule has 0 bridgehead atoms. The van der Waals surface area contributed by atoms with Gasteiger partial charge in [0.25, 0.3) is 0 Å². The first-order chi connectivity index (χ1) is 11.8. The third kappa shape index (κ3) is 20.6. The number of rotatable bonds is 14. The normalized spacial score (nSPS) is 10.0. The van der Waals surface area contributed by atoms with Gasteiger partial charge in [0.1, 0.15) is 0 Å². The summed E-state index contributed by atoms with van der Waals surface area (Å²) in [6, 6.07) is 5.72. The van der Waals surface area contributed by atoms with E-state index in [1.54, 1.807) is 12.4 Å². The maximum Gasteiger partial charge on any atom is 0.303 e. The lowest BCUT2D eigenvalue weighted by atomic mass is 10.0. The summed E-state index contributed by atoms with van der Waals surface area (Å²) in [7, 11) is 0. The topological polar surface area (TPSA) is 50.2 Å². The fourth-order valence-corrected chi connectivity index (χ4v) is 2.61. The van der Waals surface area contributed by atoms with E-state index in [0.29, 0.717) is 6.42 Å². The molecule has 0 spiro atoms. The van der Waals surface area contributed by atoms with Crippen LogP contribution in [0.5, 0.6) is 0 Å². The van der Waals surface area contributed by atoms with Gasteiger partial charge in [-0.2, -0.15) is 0 Å². The van der Waals surface area contributed by atoms with Crippen molar-refractivity contribution in [3.05, 3.63) is 30.6 Å². The zero-order valence-electron chi connectivity index (χ0n) is 15.6. The smallest absolute Gasteiger partial charge is 0.303 e. The highest BCUT2D eigenvalue weighted by Crippen LogP contribution is 2.12. The van der Waals surface area contributed by atoms with Crippen LogP contribution in [0.15, 0.2) is 30.6 Å². The molecule has 0 amide bonds. The lowest BCUT2D eigenvalue weighted by Gasteiger charge is -2.02. The molecule has 0 radical (unpaired) electrons. The third-order valence-corrected chi connectivity index (χ3v) is 4.06. The molecule has 1 aromatic heterocycles. The SMILES string of the molecule is CCCCCCCCCCCCCCCC(=O)O.c1ccncc1. The minimum Gasteiger partial charge on any atom is -0.481 e. The van der Waals surface area contributed by atoms with Gasteiger partial charge in [-0.3, -0.25) is 9.78 Å². The molecular weight excluding hydrogens is 298 g/mol. The Morgan fingerprint density at radius 2 is 1.12 bits per heavy atom. The second kappa shape index (κ2) is 19.7. The molecule has 0 unspecified atom stereocenters. The molecule has 0 fully saturated rings. The van der Waals surface area contributed by atoms with Crippen LogP contribution in [0.2, 0.25) is 0 Å². The van der Waals surface area contributed by atoms with Crippen molar-refractivity contribution in [2.24, 2.45) is 0 Å². The highest BCUT2D eigenvalue weighted by Gasteiger charge is 1.96. The van der Waals surface area contributed by atoms with Crippen molar-refractivity contribution in [2.45, 2.75) is 96.8 Å². The van der Waals surface area contributed by atoms with Gasteiger partial charge >= 0.3 is 5.97 Å². The first-order valence-corrected chi connectivity index (χ1v) is 9.84. The molecule has 0 aliphatic rings. The maximum absolute atomic E-state index is 10.3. The van der Waals surface area contributed by atoms with Crippen molar-refractivity contribution in [3.8, 4) is 0 Å². The fraction of sp³-hybridized carbons (Fsp3) is 0.714. The predicted octanol–water partition coefficient (Wildman–Crippen LogP) is 6.63. The van der Waals surface area contributed by atoms with E-state index in [9.17, 15) is 4.79 Å². The third-order valence-electron chi connectivity index (χ3n) is 4.06. The molecule has 3 nitrogen and oxygen atoms in total. The Labute approximate surface area is 148 Å². The molecule has 0 aliphatic heterocycles. The van der Waals surface area contributed by atoms with Crippen LogP contribution < -0.4 is 0 Å². The molecule has 0 saturated heterocycles. The Hall–Kier alpha value is -1.38. The largest absolute Gasteiger partial charge is 0.481 e. The van der Waals surface area contributed by atoms with Crippen LogP contribution in [0, 0.1) is 0 Å². The molecule has 3 heteroatoms. The summed E-state index contributed by atoms with van der Waals surface area (Å²) in [6.07, 6.45) is 20.8. The van der Waals surface area contributed by atoms with Gasteiger partial charge in [-0.15, -0.1) is 0 Å². The fourth-order valence-electron chi connectivity index (χ4n) is 2.61. The molecule has 1 N–H and O–H groups in total. The molecule has 1 rings (SSSR count). The summed E-state index contributed by atoms with van der Waals surface area (Å²) in [5.74, 6) is -0.655. The summed E-state index contributed by atoms with van der Waals surface area (Å²) in [5.41, 5.74) is 0. The van der Waals surface area contributed by atoms with Crippen molar-refractivity contribution in [1.29, 1.82) is 0 Å². The Morgan fingerprint density at radius 1 is 0.708 bits per heavy atom. The number of nitrogens with zero attached hydrogens (tertiary/aromatic N) is 1. The van der Waals surface area contributed by atoms with Gasteiger partial charge in [-0.1, -0.05) is 90.0 Å². The molecule has 0 saturated carbocycles. The van der Waals surface area contributed by atoms with Crippen LogP contribution in [0.3, 0.4) is 0 Å². The Morgan fingerprint density at radius 3 is 1.42 bits per heavy atom. The van der Waals surface area contributed by atoms with Gasteiger partial charge in [0.15, 0.2) is 0 Å². The standard InChI is InChI=1S/C16H32O2.C5H5N/c1-2-3-4-5-6-7-8-9-10-11-12-13-14-15-16(17)18;1-2-4-6-5-3-1/h2-15H2,1H3,(H,17,18);1-5H. The molecule has 0 aromatic carbocycles. The van der Waals surface area contributed by atoms with Crippen molar-refractivity contribution >= 4 is 5.97 Å². The van der Waals surface area contributed by atoms with E-state index >= 15 is 0 Å². The average molecular weight is 336 g/mol. The second-order valence-electron chi connectivity index (χ2n) is 6.41. The van der Waals surface area contributed by atoms with Crippen LogP contribution >= 0.6 is 0 Å². The van der Waals surface area contributed by atoms with Gasteiger partial charge in [0, 0.05) is 18.8 Å². The van der Waals surface area contributed by atoms with E-state index in [2.05, 4.69) is 11.9 Å². The van der Waals surface area contributed by atoms with Crippen molar-refractivity contribution in [1.82, 2.24) is 4.98 Å². The van der Waals surface area contributed by atoms with Crippen molar-refractivity contribution < 1.29 is 9.90 Å². The number of hydrogen-bond donors (Lipinski definition) is 1. The molecule has 1 aromatic rings. The number of aromatic nitrogens is 1. The van der Waals surface area contributed by atoms with Crippen molar-refractivity contribution in [3.63, 3.8) is 0 Å². The summed E-state index contributed by atoms with van der Waals surface area (Å²) in [5, 5.41) is 8.49. The number of aliphatic carboxylic acids is 1. The van der Waals surface area contributed by atoms with E-state index < -0.39 is 5.97 Å². The molecule has 24 heavy (non-hydrogen) atoms. The van der Waals surface area contributed by atoms with Crippen LogP contribution in [-0.2, 0) is 4.79 Å². The second-order valence-corrected chi connectivity index (χ2v) is 6.41. The van der Waals surface area contributed by atoms with Gasteiger partial charge in [-0.05, 0) is 18.6 Å². The molecule has 1 heterocycles. The number of carboxylic acid groups (broad SMARTS) is 1. The van der Waals surface area contributed by atoms with Crippen molar-refractivity contribution in [2.75, 3.05) is 0 Å². The van der Waals surface area contributed by atoms with Crippen LogP contribution in [-0.4, -0.2) is 16.1 Å². The van der Waals surface area contributed by atoms with Gasteiger partial charge < -0.3 is 5.11 Å². The Bertz CT molecular complexity index is 327. The van der Waals surface area contributed by atoms with E-state index in [1.807, 2.05) is 18.2 Å². The molecule has 0 aliphatic carbocycles. The van der Waals surface area contributed by atoms with Gasteiger partial charge in [-0.25, -0.2) is 0 Å². The highest BCUT2D eigenvalue weighted by molar-refractivity contribution is 5.66. The number of carboxylic acids is 1. The average Bonchev–Trinajstić information content (AvgIpc) is 2.61. The minimum atomic E-state index is -0.655. The predicted molar refractivity (Wildman–Crippen MR) is 102 cm³/mol. The number of carbonyl (C=O) groups is 1. The lowest BCUT2D eigenvalue weighted by Crippen LogP contribution is -1.93. The summed E-state index contributed by atoms with van der Waals surface area (Å²) in [4.78, 5) is 14.1. The zero-order chi connectivity index (χ0) is 17.7. The molecular formula is C21H37NO2. The molecule has 0 atom stereocenters. The Balaban J connectivity index is 0.000000728. The Kier molecular flexibility index (Phi) is 18.5. The van der Waals surface area contributed by atoms with E-state index in [1.165, 1.54) is 70.6 Å². The van der Waals surface area contributed by atoms with E-state index in [-0.39, 0.29) is 0 Å². The molecule has 138 valence electrons. The monoisotopic (exact) mass is 335 g/mol. The summed E-state index contributed by atoms with van der Waals surface area (Å²) < 4.78 is 0. The lowest BCUT2D eigenvalue weighted by molar-refractivity contribution is -0.137. The van der Waals surface area contributed by atoms with Crippen LogP contribution in [0.1, 0.15) is 96.8 Å².